The van der Waals surface area contributed by atoms with Crippen LogP contribution < -0.4 is 10.2 Å². The van der Waals surface area contributed by atoms with Crippen LogP contribution in [-0.4, -0.2) is 44.2 Å². The molecule has 2 fully saturated rings. The molecule has 22 heavy (non-hydrogen) atoms. The van der Waals surface area contributed by atoms with Gasteiger partial charge in [0.1, 0.15) is 5.82 Å². The number of rotatable bonds is 4. The number of benzene rings is 1. The Morgan fingerprint density at radius 1 is 1.09 bits per heavy atom. The lowest BCUT2D eigenvalue weighted by molar-refractivity contribution is 0.311. The van der Waals surface area contributed by atoms with E-state index in [4.69, 9.17) is 0 Å². The average Bonchev–Trinajstić information content (AvgIpc) is 2.56. The number of likely N-dealkylation sites (N-methyl/N-ethyl adjacent to an activating group) is 1. The van der Waals surface area contributed by atoms with Gasteiger partial charge in [0.15, 0.2) is 0 Å². The number of anilines is 1. The van der Waals surface area contributed by atoms with Crippen molar-refractivity contribution in [3.05, 3.63) is 29.6 Å². The van der Waals surface area contributed by atoms with Crippen LogP contribution in [-0.2, 0) is 6.54 Å². The van der Waals surface area contributed by atoms with Crippen LogP contribution in [0.3, 0.4) is 0 Å². The van der Waals surface area contributed by atoms with Gasteiger partial charge in [-0.25, -0.2) is 4.39 Å². The van der Waals surface area contributed by atoms with Crippen molar-refractivity contribution in [2.24, 2.45) is 0 Å². The maximum atomic E-state index is 14.2. The maximum absolute atomic E-state index is 14.2. The standard InChI is InChI=1S/C18H28FN3/c1-21-9-11-22(12-10-21)18-13-15(7-8-17(18)19)14-20-16-5-3-2-4-6-16/h7-8,13,16,20H,2-6,9-12,14H2,1H3. The zero-order valence-electron chi connectivity index (χ0n) is 13.7. The summed E-state index contributed by atoms with van der Waals surface area (Å²) in [7, 11) is 2.12. The van der Waals surface area contributed by atoms with E-state index >= 15 is 0 Å². The van der Waals surface area contributed by atoms with Gasteiger partial charge >= 0.3 is 0 Å². The molecule has 2 aliphatic rings. The Morgan fingerprint density at radius 3 is 2.55 bits per heavy atom. The Hall–Kier alpha value is -1.13. The maximum Gasteiger partial charge on any atom is 0.146 e. The van der Waals surface area contributed by atoms with Crippen molar-refractivity contribution in [3.63, 3.8) is 0 Å². The molecule has 0 atom stereocenters. The molecule has 1 N–H and O–H groups in total. The zero-order valence-corrected chi connectivity index (χ0v) is 13.7. The van der Waals surface area contributed by atoms with Crippen molar-refractivity contribution in [1.29, 1.82) is 0 Å². The van der Waals surface area contributed by atoms with E-state index in [1.807, 2.05) is 12.1 Å². The summed E-state index contributed by atoms with van der Waals surface area (Å²) in [4.78, 5) is 4.47. The largest absolute Gasteiger partial charge is 0.367 e. The van der Waals surface area contributed by atoms with Gasteiger partial charge in [-0.2, -0.15) is 0 Å². The average molecular weight is 305 g/mol. The molecule has 4 heteroatoms. The van der Waals surface area contributed by atoms with Crippen LogP contribution in [0.2, 0.25) is 0 Å². The van der Waals surface area contributed by atoms with E-state index in [1.165, 1.54) is 37.7 Å². The minimum atomic E-state index is -0.0917. The summed E-state index contributed by atoms with van der Waals surface area (Å²) in [5.41, 5.74) is 1.97. The third kappa shape index (κ3) is 3.99. The molecular formula is C18H28FN3. The van der Waals surface area contributed by atoms with Crippen LogP contribution >= 0.6 is 0 Å². The molecule has 1 aliphatic heterocycles. The van der Waals surface area contributed by atoms with E-state index < -0.39 is 0 Å². The summed E-state index contributed by atoms with van der Waals surface area (Å²) in [5, 5.41) is 3.65. The smallest absolute Gasteiger partial charge is 0.146 e. The number of nitrogens with zero attached hydrogens (tertiary/aromatic N) is 2. The number of piperazine rings is 1. The highest BCUT2D eigenvalue weighted by Gasteiger charge is 2.18. The third-order valence-corrected chi connectivity index (χ3v) is 5.05. The van der Waals surface area contributed by atoms with Crippen molar-refractivity contribution < 1.29 is 4.39 Å². The summed E-state index contributed by atoms with van der Waals surface area (Å²) in [5.74, 6) is -0.0917. The van der Waals surface area contributed by atoms with Gasteiger partial charge in [-0.3, -0.25) is 0 Å². The Balaban J connectivity index is 1.61. The van der Waals surface area contributed by atoms with E-state index in [0.29, 0.717) is 6.04 Å². The van der Waals surface area contributed by atoms with Gasteiger partial charge in [0, 0.05) is 38.8 Å². The molecular weight excluding hydrogens is 277 g/mol. The molecule has 3 nitrogen and oxygen atoms in total. The molecule has 1 saturated carbocycles. The molecule has 1 heterocycles. The zero-order chi connectivity index (χ0) is 15.4. The summed E-state index contributed by atoms with van der Waals surface area (Å²) in [6.45, 7) is 4.68. The predicted molar refractivity (Wildman–Crippen MR) is 89.8 cm³/mol. The van der Waals surface area contributed by atoms with Gasteiger partial charge < -0.3 is 15.1 Å². The van der Waals surface area contributed by atoms with Gasteiger partial charge in [-0.15, -0.1) is 0 Å². The Bertz CT molecular complexity index is 477. The first-order valence-corrected chi connectivity index (χ1v) is 8.68. The molecule has 1 saturated heterocycles. The highest BCUT2D eigenvalue weighted by Crippen LogP contribution is 2.23. The fourth-order valence-electron chi connectivity index (χ4n) is 3.53. The van der Waals surface area contributed by atoms with Gasteiger partial charge in [0.25, 0.3) is 0 Å². The molecule has 3 rings (SSSR count). The van der Waals surface area contributed by atoms with Gasteiger partial charge in [-0.05, 0) is 37.6 Å². The van der Waals surface area contributed by atoms with E-state index in [9.17, 15) is 4.39 Å². The van der Waals surface area contributed by atoms with Crippen LogP contribution in [0.5, 0.6) is 0 Å². The molecule has 1 aliphatic carbocycles. The fraction of sp³-hybridized carbons (Fsp3) is 0.667. The van der Waals surface area contributed by atoms with Crippen LogP contribution in [0.4, 0.5) is 10.1 Å². The Kier molecular flexibility index (Phi) is 5.32. The second-order valence-electron chi connectivity index (χ2n) is 6.79. The first kappa shape index (κ1) is 15.8. The van der Waals surface area contributed by atoms with Gasteiger partial charge in [0.2, 0.25) is 0 Å². The minimum absolute atomic E-state index is 0.0917. The second kappa shape index (κ2) is 7.42. The van der Waals surface area contributed by atoms with E-state index in [2.05, 4.69) is 22.2 Å². The van der Waals surface area contributed by atoms with Crippen molar-refractivity contribution in [2.75, 3.05) is 38.1 Å². The summed E-state index contributed by atoms with van der Waals surface area (Å²) >= 11 is 0. The van der Waals surface area contributed by atoms with E-state index in [1.54, 1.807) is 6.07 Å². The topological polar surface area (TPSA) is 18.5 Å². The first-order valence-electron chi connectivity index (χ1n) is 8.68. The molecule has 122 valence electrons. The minimum Gasteiger partial charge on any atom is -0.367 e. The quantitative estimate of drug-likeness (QED) is 0.922. The molecule has 0 amide bonds. The predicted octanol–water partition coefficient (Wildman–Crippen LogP) is 3.00. The van der Waals surface area contributed by atoms with Crippen molar-refractivity contribution in [2.45, 2.75) is 44.7 Å². The molecule has 0 spiro atoms. The normalized spacial score (nSPS) is 21.3. The van der Waals surface area contributed by atoms with Crippen molar-refractivity contribution >= 4 is 5.69 Å². The van der Waals surface area contributed by atoms with Crippen molar-refractivity contribution in [1.82, 2.24) is 10.2 Å². The summed E-state index contributed by atoms with van der Waals surface area (Å²) in [6, 6.07) is 6.23. The summed E-state index contributed by atoms with van der Waals surface area (Å²) in [6.07, 6.45) is 6.63. The highest BCUT2D eigenvalue weighted by molar-refractivity contribution is 5.50. The lowest BCUT2D eigenvalue weighted by atomic mass is 9.95. The third-order valence-electron chi connectivity index (χ3n) is 5.05. The van der Waals surface area contributed by atoms with Crippen molar-refractivity contribution in [3.8, 4) is 0 Å². The van der Waals surface area contributed by atoms with E-state index in [-0.39, 0.29) is 5.82 Å². The lowest BCUT2D eigenvalue weighted by Gasteiger charge is -2.34. The molecule has 1 aromatic rings. The number of hydrogen-bond acceptors (Lipinski definition) is 3. The first-order chi connectivity index (χ1) is 10.7. The lowest BCUT2D eigenvalue weighted by Crippen LogP contribution is -2.44. The van der Waals surface area contributed by atoms with Gasteiger partial charge in [-0.1, -0.05) is 25.3 Å². The number of hydrogen-bond donors (Lipinski definition) is 1. The molecule has 1 aromatic carbocycles. The number of nitrogens with one attached hydrogen (secondary N) is 1. The monoisotopic (exact) mass is 305 g/mol. The van der Waals surface area contributed by atoms with Crippen LogP contribution in [0.25, 0.3) is 0 Å². The Morgan fingerprint density at radius 2 is 1.82 bits per heavy atom. The molecule has 0 radical (unpaired) electrons. The van der Waals surface area contributed by atoms with Crippen LogP contribution in [0.1, 0.15) is 37.7 Å². The fourth-order valence-corrected chi connectivity index (χ4v) is 3.53. The Labute approximate surface area is 133 Å². The molecule has 0 unspecified atom stereocenters. The molecule has 0 aromatic heterocycles. The molecule has 0 bridgehead atoms. The SMILES string of the molecule is CN1CCN(c2cc(CNC3CCCCC3)ccc2F)CC1. The highest BCUT2D eigenvalue weighted by atomic mass is 19.1. The second-order valence-corrected chi connectivity index (χ2v) is 6.79. The van der Waals surface area contributed by atoms with E-state index in [0.717, 1.165) is 38.4 Å². The summed E-state index contributed by atoms with van der Waals surface area (Å²) < 4.78 is 14.2. The number of halogens is 1. The van der Waals surface area contributed by atoms with Gasteiger partial charge in [0.05, 0.1) is 5.69 Å². The van der Waals surface area contributed by atoms with Crippen LogP contribution in [0, 0.1) is 5.82 Å². The van der Waals surface area contributed by atoms with Crippen LogP contribution in [0.15, 0.2) is 18.2 Å².